The number of hydrogen-bond acceptors (Lipinski definition) is 4. The van der Waals surface area contributed by atoms with Crippen LogP contribution in [0.3, 0.4) is 0 Å². The number of nitrogens with one attached hydrogen (secondary N) is 1. The lowest BCUT2D eigenvalue weighted by Gasteiger charge is -2.28. The number of nitriles is 1. The van der Waals surface area contributed by atoms with Crippen molar-refractivity contribution in [2.75, 3.05) is 26.2 Å². The fraction of sp³-hybridized carbons (Fsp3) is 0.875. The first-order valence-electron chi connectivity index (χ1n) is 8.21. The van der Waals surface area contributed by atoms with Crippen LogP contribution in [-0.2, 0) is 4.79 Å². The zero-order chi connectivity index (χ0) is 15.6. The Bertz CT molecular complexity index is 344. The molecule has 0 atom stereocenters. The van der Waals surface area contributed by atoms with Crippen LogP contribution in [0.15, 0.2) is 0 Å². The molecule has 0 aromatic rings. The molecule has 0 bridgehead atoms. The summed E-state index contributed by atoms with van der Waals surface area (Å²) in [7, 11) is 0. The lowest BCUT2D eigenvalue weighted by molar-refractivity contribution is -0.123. The first-order valence-corrected chi connectivity index (χ1v) is 8.21. The quantitative estimate of drug-likeness (QED) is 0.670. The van der Waals surface area contributed by atoms with Gasteiger partial charge in [0.1, 0.15) is 5.54 Å². The van der Waals surface area contributed by atoms with Gasteiger partial charge in [-0.15, -0.1) is 0 Å². The number of nitrogens with zero attached hydrogens (tertiary/aromatic N) is 2. The van der Waals surface area contributed by atoms with E-state index >= 15 is 0 Å². The largest absolute Gasteiger partial charge is 0.395 e. The molecule has 5 heteroatoms. The Hall–Kier alpha value is -1.12. The van der Waals surface area contributed by atoms with Gasteiger partial charge in [-0.1, -0.05) is 39.0 Å². The second-order valence-corrected chi connectivity index (χ2v) is 6.01. The van der Waals surface area contributed by atoms with Gasteiger partial charge in [0.25, 0.3) is 0 Å². The van der Waals surface area contributed by atoms with Crippen LogP contribution in [0.25, 0.3) is 0 Å². The molecule has 1 aliphatic carbocycles. The normalized spacial score (nSPS) is 18.0. The summed E-state index contributed by atoms with van der Waals surface area (Å²) in [6, 6.07) is 2.34. The topological polar surface area (TPSA) is 76.4 Å². The molecule has 21 heavy (non-hydrogen) atoms. The second kappa shape index (κ2) is 9.75. The van der Waals surface area contributed by atoms with Crippen LogP contribution in [-0.4, -0.2) is 47.7 Å². The van der Waals surface area contributed by atoms with Crippen LogP contribution >= 0.6 is 0 Å². The minimum absolute atomic E-state index is 0.0559. The summed E-state index contributed by atoms with van der Waals surface area (Å²) in [4.78, 5) is 14.2. The molecule has 1 aliphatic rings. The summed E-state index contributed by atoms with van der Waals surface area (Å²) < 4.78 is 0. The van der Waals surface area contributed by atoms with Crippen LogP contribution in [0.2, 0.25) is 0 Å². The summed E-state index contributed by atoms with van der Waals surface area (Å²) in [6.45, 7) is 3.74. The summed E-state index contributed by atoms with van der Waals surface area (Å²) in [5, 5.41) is 21.5. The summed E-state index contributed by atoms with van der Waals surface area (Å²) in [5.41, 5.74) is -0.677. The highest BCUT2D eigenvalue weighted by Gasteiger charge is 2.32. The van der Waals surface area contributed by atoms with Crippen molar-refractivity contribution >= 4 is 5.91 Å². The molecule has 120 valence electrons. The standard InChI is InChI=1S/C16H29N3O2/c1-2-3-10-19(11-12-20)13-15(21)18-16(14-17)8-6-4-5-7-9-16/h20H,2-13H2,1H3,(H,18,21). The van der Waals surface area contributed by atoms with Gasteiger partial charge < -0.3 is 10.4 Å². The first kappa shape index (κ1) is 17.9. The number of hydrogen-bond donors (Lipinski definition) is 2. The maximum Gasteiger partial charge on any atom is 0.235 e. The molecular weight excluding hydrogens is 266 g/mol. The van der Waals surface area contributed by atoms with Gasteiger partial charge >= 0.3 is 0 Å². The van der Waals surface area contributed by atoms with Crippen LogP contribution in [0.4, 0.5) is 0 Å². The maximum absolute atomic E-state index is 12.3. The highest BCUT2D eigenvalue weighted by atomic mass is 16.3. The van der Waals surface area contributed by atoms with E-state index in [1.54, 1.807) is 0 Å². The molecule has 0 saturated heterocycles. The SMILES string of the molecule is CCCCN(CCO)CC(=O)NC1(C#N)CCCCCC1. The third kappa shape index (κ3) is 6.45. The number of aliphatic hydroxyl groups is 1. The Morgan fingerprint density at radius 1 is 1.29 bits per heavy atom. The van der Waals surface area contributed by atoms with E-state index in [1.807, 2.05) is 4.90 Å². The van der Waals surface area contributed by atoms with Crippen molar-refractivity contribution in [2.24, 2.45) is 0 Å². The van der Waals surface area contributed by atoms with Crippen LogP contribution in [0.5, 0.6) is 0 Å². The number of rotatable bonds is 8. The molecule has 2 N–H and O–H groups in total. The van der Waals surface area contributed by atoms with E-state index in [1.165, 1.54) is 0 Å². The summed E-state index contributed by atoms with van der Waals surface area (Å²) >= 11 is 0. The van der Waals surface area contributed by atoms with Gasteiger partial charge in [-0.25, -0.2) is 0 Å². The zero-order valence-electron chi connectivity index (χ0n) is 13.2. The van der Waals surface area contributed by atoms with Gasteiger partial charge in [0.2, 0.25) is 5.91 Å². The minimum atomic E-state index is -0.677. The fourth-order valence-corrected chi connectivity index (χ4v) is 2.90. The predicted molar refractivity (Wildman–Crippen MR) is 82.6 cm³/mol. The van der Waals surface area contributed by atoms with E-state index in [0.29, 0.717) is 6.54 Å². The molecule has 0 aliphatic heterocycles. The van der Waals surface area contributed by atoms with E-state index < -0.39 is 5.54 Å². The monoisotopic (exact) mass is 295 g/mol. The smallest absolute Gasteiger partial charge is 0.235 e. The van der Waals surface area contributed by atoms with Crippen LogP contribution < -0.4 is 5.32 Å². The minimum Gasteiger partial charge on any atom is -0.395 e. The Morgan fingerprint density at radius 2 is 1.95 bits per heavy atom. The van der Waals surface area contributed by atoms with E-state index in [-0.39, 0.29) is 19.1 Å². The first-order chi connectivity index (χ1) is 10.2. The molecule has 0 aromatic heterocycles. The van der Waals surface area contributed by atoms with Crippen molar-refractivity contribution in [3.05, 3.63) is 0 Å². The predicted octanol–water partition coefficient (Wildman–Crippen LogP) is 1.81. The van der Waals surface area contributed by atoms with Gasteiger partial charge in [0.05, 0.1) is 19.2 Å². The van der Waals surface area contributed by atoms with Gasteiger partial charge in [-0.2, -0.15) is 5.26 Å². The fourth-order valence-electron chi connectivity index (χ4n) is 2.90. The molecule has 0 unspecified atom stereocenters. The lowest BCUT2D eigenvalue weighted by Crippen LogP contribution is -2.50. The second-order valence-electron chi connectivity index (χ2n) is 6.01. The van der Waals surface area contributed by atoms with Crippen LogP contribution in [0, 0.1) is 11.3 Å². The average molecular weight is 295 g/mol. The van der Waals surface area contributed by atoms with Gasteiger partial charge in [0, 0.05) is 6.54 Å². The van der Waals surface area contributed by atoms with E-state index in [9.17, 15) is 10.1 Å². The van der Waals surface area contributed by atoms with Crippen LogP contribution in [0.1, 0.15) is 58.3 Å². The molecule has 0 aromatic carbocycles. The number of aliphatic hydroxyl groups excluding tert-OH is 1. The third-order valence-electron chi connectivity index (χ3n) is 4.16. The Kier molecular flexibility index (Phi) is 8.33. The maximum atomic E-state index is 12.3. The zero-order valence-corrected chi connectivity index (χ0v) is 13.2. The molecule has 1 amide bonds. The number of carbonyl (C=O) groups excluding carboxylic acids is 1. The highest BCUT2D eigenvalue weighted by Crippen LogP contribution is 2.26. The molecule has 5 nitrogen and oxygen atoms in total. The van der Waals surface area contributed by atoms with Crippen molar-refractivity contribution in [3.8, 4) is 6.07 Å². The summed E-state index contributed by atoms with van der Waals surface area (Å²) in [6.07, 6.45) is 7.88. The van der Waals surface area contributed by atoms with E-state index in [0.717, 1.165) is 57.9 Å². The molecule has 0 heterocycles. The van der Waals surface area contributed by atoms with Gasteiger partial charge in [-0.3, -0.25) is 9.69 Å². The molecule has 0 spiro atoms. The van der Waals surface area contributed by atoms with Crippen molar-refractivity contribution in [2.45, 2.75) is 63.8 Å². The average Bonchev–Trinajstić information content (AvgIpc) is 2.71. The lowest BCUT2D eigenvalue weighted by atomic mass is 9.92. The van der Waals surface area contributed by atoms with Gasteiger partial charge in [-0.05, 0) is 25.8 Å². The third-order valence-corrected chi connectivity index (χ3v) is 4.16. The number of unbranched alkanes of at least 4 members (excludes halogenated alkanes) is 1. The van der Waals surface area contributed by atoms with Crippen molar-refractivity contribution < 1.29 is 9.90 Å². The van der Waals surface area contributed by atoms with Crippen molar-refractivity contribution in [1.82, 2.24) is 10.2 Å². The molecule has 0 radical (unpaired) electrons. The Balaban J connectivity index is 2.54. The molecule has 1 fully saturated rings. The Morgan fingerprint density at radius 3 is 2.48 bits per heavy atom. The molecule has 1 saturated carbocycles. The van der Waals surface area contributed by atoms with Crippen molar-refractivity contribution in [1.29, 1.82) is 5.26 Å². The Labute approximate surface area is 128 Å². The molecule has 1 rings (SSSR count). The van der Waals surface area contributed by atoms with Crippen molar-refractivity contribution in [3.63, 3.8) is 0 Å². The summed E-state index contributed by atoms with van der Waals surface area (Å²) in [5.74, 6) is -0.0944. The van der Waals surface area contributed by atoms with E-state index in [4.69, 9.17) is 5.11 Å². The van der Waals surface area contributed by atoms with Gasteiger partial charge in [0.15, 0.2) is 0 Å². The van der Waals surface area contributed by atoms with E-state index in [2.05, 4.69) is 18.3 Å². The number of carbonyl (C=O) groups is 1. The molecular formula is C16H29N3O2. The number of amides is 1. The highest BCUT2D eigenvalue weighted by molar-refractivity contribution is 5.79.